The van der Waals surface area contributed by atoms with E-state index in [0.29, 0.717) is 20.7 Å². The Balaban J connectivity index is 1.81. The first-order valence-electron chi connectivity index (χ1n) is 8.37. The molecule has 0 saturated carbocycles. The second-order valence-corrected chi connectivity index (χ2v) is 9.73. The van der Waals surface area contributed by atoms with Gasteiger partial charge in [0, 0.05) is 18.5 Å². The average Bonchev–Trinajstić information content (AvgIpc) is 2.93. The van der Waals surface area contributed by atoms with Crippen molar-refractivity contribution in [1.82, 2.24) is 9.78 Å². The molecule has 0 radical (unpaired) electrons. The lowest BCUT2D eigenvalue weighted by atomic mass is 10.0. The van der Waals surface area contributed by atoms with Crippen molar-refractivity contribution in [2.45, 2.75) is 31.3 Å². The maximum Gasteiger partial charge on any atom is 0.413 e. The Bertz CT molecular complexity index is 1010. The molecule has 0 saturated heterocycles. The predicted octanol–water partition coefficient (Wildman–Crippen LogP) is 3.06. The molecule has 2 aromatic rings. The van der Waals surface area contributed by atoms with E-state index in [-0.39, 0.29) is 6.61 Å². The number of sulfone groups is 1. The van der Waals surface area contributed by atoms with E-state index < -0.39 is 15.9 Å². The van der Waals surface area contributed by atoms with Crippen LogP contribution in [0, 0.1) is 3.95 Å². The Morgan fingerprint density at radius 2 is 2.22 bits per heavy atom. The summed E-state index contributed by atoms with van der Waals surface area (Å²) in [7, 11) is -3.24. The lowest BCUT2D eigenvalue weighted by Gasteiger charge is -2.31. The number of anilines is 2. The molecule has 1 N–H and O–H groups in total. The van der Waals surface area contributed by atoms with Gasteiger partial charge in [-0.15, -0.1) is 5.10 Å². The zero-order valence-corrected chi connectivity index (χ0v) is 17.4. The number of hydrogen-bond acceptors (Lipinski definition) is 8. The molecule has 0 bridgehead atoms. The van der Waals surface area contributed by atoms with Gasteiger partial charge in [-0.3, -0.25) is 5.32 Å². The minimum Gasteiger partial charge on any atom is -0.450 e. The van der Waals surface area contributed by atoms with E-state index in [1.165, 1.54) is 17.6 Å². The lowest BCUT2D eigenvalue weighted by molar-refractivity contribution is 0.168. The Hall–Kier alpha value is -1.98. The first kappa shape index (κ1) is 19.8. The smallest absolute Gasteiger partial charge is 0.413 e. The number of rotatable bonds is 5. The summed E-state index contributed by atoms with van der Waals surface area (Å²) in [6.07, 6.45) is 2.38. The minimum atomic E-state index is -3.24. The molecule has 1 aromatic carbocycles. The van der Waals surface area contributed by atoms with Crippen LogP contribution in [0.2, 0.25) is 0 Å². The highest BCUT2D eigenvalue weighted by Crippen LogP contribution is 2.30. The number of aromatic nitrogens is 2. The molecule has 8 nitrogen and oxygen atoms in total. The van der Waals surface area contributed by atoms with Crippen molar-refractivity contribution >= 4 is 50.3 Å². The van der Waals surface area contributed by atoms with Gasteiger partial charge in [-0.05, 0) is 55.7 Å². The van der Waals surface area contributed by atoms with Crippen molar-refractivity contribution in [3.05, 3.63) is 27.7 Å². The van der Waals surface area contributed by atoms with Gasteiger partial charge in [-0.2, -0.15) is 0 Å². The first-order chi connectivity index (χ1) is 12.8. The van der Waals surface area contributed by atoms with Crippen LogP contribution in [0.3, 0.4) is 0 Å². The molecule has 1 amide bonds. The Kier molecular flexibility index (Phi) is 5.82. The topological polar surface area (TPSA) is 93.5 Å². The number of benzene rings is 1. The summed E-state index contributed by atoms with van der Waals surface area (Å²) >= 11 is 6.54. The highest BCUT2D eigenvalue weighted by Gasteiger charge is 2.20. The Morgan fingerprint density at radius 3 is 2.93 bits per heavy atom. The van der Waals surface area contributed by atoms with Crippen molar-refractivity contribution in [2.24, 2.45) is 0 Å². The second-order valence-electron chi connectivity index (χ2n) is 6.09. The minimum absolute atomic E-state index is 0.276. The molecule has 0 unspecified atom stereocenters. The van der Waals surface area contributed by atoms with Gasteiger partial charge in [0.05, 0.1) is 11.5 Å². The molecule has 0 atom stereocenters. The molecule has 3 rings (SSSR count). The second kappa shape index (κ2) is 7.95. The monoisotopic (exact) mass is 428 g/mol. The summed E-state index contributed by atoms with van der Waals surface area (Å²) in [5, 5.41) is 7.27. The van der Waals surface area contributed by atoms with Crippen LogP contribution in [0.5, 0.6) is 0 Å². The molecule has 0 spiro atoms. The van der Waals surface area contributed by atoms with Crippen LogP contribution in [-0.2, 0) is 27.7 Å². The molecule has 0 fully saturated rings. The zero-order chi connectivity index (χ0) is 19.6. The van der Waals surface area contributed by atoms with Crippen LogP contribution < -0.4 is 10.2 Å². The van der Waals surface area contributed by atoms with Crippen LogP contribution in [0.1, 0.15) is 18.9 Å². The number of carbonyl (C=O) groups is 1. The fourth-order valence-electron chi connectivity index (χ4n) is 2.89. The van der Waals surface area contributed by atoms with Gasteiger partial charge in [0.15, 0.2) is 13.8 Å². The fraction of sp³-hybridized carbons (Fsp3) is 0.438. The first-order valence-corrected chi connectivity index (χ1v) is 11.5. The van der Waals surface area contributed by atoms with Crippen LogP contribution in [0.25, 0.3) is 0 Å². The maximum atomic E-state index is 11.8. The normalized spacial score (nSPS) is 13.9. The molecule has 27 heavy (non-hydrogen) atoms. The number of fused-ring (bicyclic) bond motifs is 1. The Morgan fingerprint density at radius 1 is 1.44 bits per heavy atom. The molecule has 11 heteroatoms. The quantitative estimate of drug-likeness (QED) is 0.732. The average molecular weight is 429 g/mol. The van der Waals surface area contributed by atoms with Crippen molar-refractivity contribution < 1.29 is 17.9 Å². The third-order valence-electron chi connectivity index (χ3n) is 4.09. The third kappa shape index (κ3) is 4.66. The summed E-state index contributed by atoms with van der Waals surface area (Å²) in [6.45, 7) is 3.23. The maximum absolute atomic E-state index is 11.8. The molecular formula is C16H20N4O4S3. The van der Waals surface area contributed by atoms with Gasteiger partial charge >= 0.3 is 6.09 Å². The van der Waals surface area contributed by atoms with Gasteiger partial charge in [-0.1, -0.05) is 11.3 Å². The van der Waals surface area contributed by atoms with Gasteiger partial charge in [-0.25, -0.2) is 17.9 Å². The van der Waals surface area contributed by atoms with E-state index in [1.54, 1.807) is 23.7 Å². The number of nitrogens with zero attached hydrogens (tertiary/aromatic N) is 3. The number of aryl methyl sites for hydroxylation is 1. The summed E-state index contributed by atoms with van der Waals surface area (Å²) in [4.78, 5) is 14.0. The van der Waals surface area contributed by atoms with Gasteiger partial charge in [0.2, 0.25) is 5.13 Å². The Labute approximate surface area is 166 Å². The van der Waals surface area contributed by atoms with E-state index in [1.807, 2.05) is 6.07 Å². The highest BCUT2D eigenvalue weighted by molar-refractivity contribution is 7.90. The van der Waals surface area contributed by atoms with Gasteiger partial charge < -0.3 is 9.64 Å². The molecule has 1 aliphatic heterocycles. The number of amides is 1. The number of carbonyl (C=O) groups excluding carboxylic acids is 1. The molecule has 1 aromatic heterocycles. The number of ether oxygens (including phenoxy) is 1. The summed E-state index contributed by atoms with van der Waals surface area (Å²) < 4.78 is 30.6. The van der Waals surface area contributed by atoms with Crippen LogP contribution in [-0.4, -0.2) is 43.7 Å². The number of hydrogen-bond donors (Lipinski definition) is 1. The molecule has 2 heterocycles. The lowest BCUT2D eigenvalue weighted by Crippen LogP contribution is -2.32. The summed E-state index contributed by atoms with van der Waals surface area (Å²) in [5.41, 5.74) is 1.97. The molecule has 1 aliphatic rings. The molecular weight excluding hydrogens is 408 g/mol. The van der Waals surface area contributed by atoms with E-state index in [0.717, 1.165) is 30.6 Å². The fourth-order valence-corrected chi connectivity index (χ4v) is 4.54. The summed E-state index contributed by atoms with van der Waals surface area (Å²) in [5.74, 6) is 0. The predicted molar refractivity (Wildman–Crippen MR) is 107 cm³/mol. The van der Waals surface area contributed by atoms with Gasteiger partial charge in [0.1, 0.15) is 6.67 Å². The zero-order valence-electron chi connectivity index (χ0n) is 15.0. The largest absolute Gasteiger partial charge is 0.450 e. The number of nitrogens with one attached hydrogen (secondary N) is 1. The van der Waals surface area contributed by atoms with Crippen molar-refractivity contribution in [3.8, 4) is 0 Å². The SMILES string of the molecule is CCOC(=O)Nc1nn(CN2CCCc3cc(S(C)(=O)=O)ccc32)c(=S)s1. The van der Waals surface area contributed by atoms with Crippen molar-refractivity contribution in [2.75, 3.05) is 29.6 Å². The summed E-state index contributed by atoms with van der Waals surface area (Å²) in [6, 6.07) is 5.20. The van der Waals surface area contributed by atoms with Crippen molar-refractivity contribution in [1.29, 1.82) is 0 Å². The standard InChI is InChI=1S/C16H20N4O4S3/c1-3-24-15(21)17-14-18-20(16(25)26-14)10-19-8-4-5-11-9-12(27(2,22)23)6-7-13(11)19/h6-7,9H,3-5,8,10H2,1-2H3,(H,17,18,21). The van der Waals surface area contributed by atoms with Crippen LogP contribution >= 0.6 is 23.6 Å². The van der Waals surface area contributed by atoms with E-state index >= 15 is 0 Å². The molecule has 0 aliphatic carbocycles. The van der Waals surface area contributed by atoms with Crippen LogP contribution in [0.4, 0.5) is 15.6 Å². The van der Waals surface area contributed by atoms with Crippen LogP contribution in [0.15, 0.2) is 23.1 Å². The van der Waals surface area contributed by atoms with Gasteiger partial charge in [0.25, 0.3) is 0 Å². The highest BCUT2D eigenvalue weighted by atomic mass is 32.2. The van der Waals surface area contributed by atoms with E-state index in [9.17, 15) is 13.2 Å². The molecule has 146 valence electrons. The third-order valence-corrected chi connectivity index (χ3v) is 6.42. The van der Waals surface area contributed by atoms with E-state index in [2.05, 4.69) is 15.3 Å². The van der Waals surface area contributed by atoms with E-state index in [4.69, 9.17) is 17.0 Å². The van der Waals surface area contributed by atoms with Crippen molar-refractivity contribution in [3.63, 3.8) is 0 Å².